The van der Waals surface area contributed by atoms with Crippen molar-refractivity contribution in [1.82, 2.24) is 4.90 Å². The van der Waals surface area contributed by atoms with Gasteiger partial charge in [-0.3, -0.25) is 4.79 Å². The van der Waals surface area contributed by atoms with Gasteiger partial charge in [-0.2, -0.15) is 0 Å². The lowest BCUT2D eigenvalue weighted by molar-refractivity contribution is -0.142. The minimum atomic E-state index is -0.860. The van der Waals surface area contributed by atoms with Crippen molar-refractivity contribution in [1.29, 1.82) is 0 Å². The van der Waals surface area contributed by atoms with E-state index in [2.05, 4.69) is 5.32 Å². The zero-order valence-corrected chi connectivity index (χ0v) is 11.5. The van der Waals surface area contributed by atoms with Gasteiger partial charge in [0.1, 0.15) is 0 Å². The summed E-state index contributed by atoms with van der Waals surface area (Å²) in [5.41, 5.74) is 0.593. The van der Waals surface area contributed by atoms with Gasteiger partial charge in [-0.25, -0.2) is 4.79 Å². The van der Waals surface area contributed by atoms with Crippen molar-refractivity contribution in [3.63, 3.8) is 0 Å². The third-order valence-electron chi connectivity index (χ3n) is 3.84. The molecule has 1 aromatic carbocycles. The number of aliphatic carboxylic acids is 1. The molecule has 0 aliphatic carbocycles. The second-order valence-corrected chi connectivity index (χ2v) is 5.33. The Balaban J connectivity index is 1.66. The molecule has 2 N–H and O–H groups in total. The van der Waals surface area contributed by atoms with Gasteiger partial charge in [0.25, 0.3) is 0 Å². The normalized spacial score (nSPS) is 23.2. The SMILES string of the molecule is C[C@@H]1CN(C(=O)Nc2ccc3c(c2)OCO3)C[C@H]1C(=O)O. The minimum Gasteiger partial charge on any atom is -0.481 e. The minimum absolute atomic E-state index is 0.0509. The smallest absolute Gasteiger partial charge is 0.321 e. The number of fused-ring (bicyclic) bond motifs is 1. The molecule has 1 aromatic rings. The molecule has 112 valence electrons. The number of anilines is 1. The number of ether oxygens (including phenoxy) is 2. The van der Waals surface area contributed by atoms with Crippen molar-refractivity contribution in [3.8, 4) is 11.5 Å². The predicted octanol–water partition coefficient (Wildman–Crippen LogP) is 1.60. The Morgan fingerprint density at radius 2 is 2.05 bits per heavy atom. The molecule has 0 aromatic heterocycles. The number of hydrogen-bond acceptors (Lipinski definition) is 4. The Bertz CT molecular complexity index is 589. The van der Waals surface area contributed by atoms with Crippen molar-refractivity contribution in [2.24, 2.45) is 11.8 Å². The summed E-state index contributed by atoms with van der Waals surface area (Å²) in [7, 11) is 0. The van der Waals surface area contributed by atoms with E-state index in [0.29, 0.717) is 23.7 Å². The molecule has 0 saturated carbocycles. The van der Waals surface area contributed by atoms with E-state index in [1.165, 1.54) is 4.90 Å². The number of likely N-dealkylation sites (tertiary alicyclic amines) is 1. The lowest BCUT2D eigenvalue weighted by Crippen LogP contribution is -2.33. The third-order valence-corrected chi connectivity index (χ3v) is 3.84. The monoisotopic (exact) mass is 292 g/mol. The average Bonchev–Trinajstić information content (AvgIpc) is 3.04. The summed E-state index contributed by atoms with van der Waals surface area (Å²) in [4.78, 5) is 24.8. The van der Waals surface area contributed by atoms with E-state index in [-0.39, 0.29) is 25.3 Å². The summed E-state index contributed by atoms with van der Waals surface area (Å²) in [6.45, 7) is 2.68. The van der Waals surface area contributed by atoms with Crippen LogP contribution in [0.1, 0.15) is 6.92 Å². The number of amides is 2. The summed E-state index contributed by atoms with van der Waals surface area (Å²) in [6.07, 6.45) is 0. The molecular formula is C14H16N2O5. The zero-order valence-electron chi connectivity index (χ0n) is 11.5. The number of carboxylic acids is 1. The molecular weight excluding hydrogens is 276 g/mol. The lowest BCUT2D eigenvalue weighted by atomic mass is 9.99. The number of urea groups is 1. The Kier molecular flexibility index (Phi) is 3.32. The lowest BCUT2D eigenvalue weighted by Gasteiger charge is -2.17. The maximum Gasteiger partial charge on any atom is 0.321 e. The van der Waals surface area contributed by atoms with Crippen LogP contribution in [0.3, 0.4) is 0 Å². The van der Waals surface area contributed by atoms with Gasteiger partial charge in [0, 0.05) is 24.8 Å². The Morgan fingerprint density at radius 1 is 1.29 bits per heavy atom. The van der Waals surface area contributed by atoms with Crippen molar-refractivity contribution < 1.29 is 24.2 Å². The molecule has 7 heteroatoms. The van der Waals surface area contributed by atoms with E-state index in [9.17, 15) is 9.59 Å². The van der Waals surface area contributed by atoms with Crippen LogP contribution in [0.2, 0.25) is 0 Å². The van der Waals surface area contributed by atoms with Gasteiger partial charge in [0.15, 0.2) is 11.5 Å². The molecule has 1 fully saturated rings. The van der Waals surface area contributed by atoms with Crippen LogP contribution >= 0.6 is 0 Å². The quantitative estimate of drug-likeness (QED) is 0.864. The topological polar surface area (TPSA) is 88.1 Å². The number of carbonyl (C=O) groups excluding carboxylic acids is 1. The third kappa shape index (κ3) is 2.58. The molecule has 0 bridgehead atoms. The summed E-state index contributed by atoms with van der Waals surface area (Å²) in [6, 6.07) is 4.84. The Hall–Kier alpha value is -2.44. The van der Waals surface area contributed by atoms with Gasteiger partial charge in [-0.1, -0.05) is 6.92 Å². The molecule has 2 aliphatic heterocycles. The molecule has 0 unspecified atom stereocenters. The number of rotatable bonds is 2. The van der Waals surface area contributed by atoms with Crippen molar-refractivity contribution in [3.05, 3.63) is 18.2 Å². The number of hydrogen-bond donors (Lipinski definition) is 2. The summed E-state index contributed by atoms with van der Waals surface area (Å²) in [5, 5.41) is 11.8. The summed E-state index contributed by atoms with van der Waals surface area (Å²) in [5.74, 6) is -0.182. The van der Waals surface area contributed by atoms with Gasteiger partial charge in [0.2, 0.25) is 6.79 Å². The predicted molar refractivity (Wildman–Crippen MR) is 73.4 cm³/mol. The van der Waals surface area contributed by atoms with E-state index in [4.69, 9.17) is 14.6 Å². The Labute approximate surface area is 121 Å². The van der Waals surface area contributed by atoms with E-state index in [1.807, 2.05) is 6.92 Å². The van der Waals surface area contributed by atoms with Crippen LogP contribution in [0, 0.1) is 11.8 Å². The van der Waals surface area contributed by atoms with Gasteiger partial charge >= 0.3 is 12.0 Å². The maximum absolute atomic E-state index is 12.2. The van der Waals surface area contributed by atoms with E-state index in [1.54, 1.807) is 18.2 Å². The molecule has 7 nitrogen and oxygen atoms in total. The number of benzene rings is 1. The van der Waals surface area contributed by atoms with E-state index >= 15 is 0 Å². The largest absolute Gasteiger partial charge is 0.481 e. The van der Waals surface area contributed by atoms with Gasteiger partial charge in [-0.05, 0) is 18.1 Å². The molecule has 2 amide bonds. The molecule has 2 aliphatic rings. The first kappa shape index (κ1) is 13.5. The summed E-state index contributed by atoms with van der Waals surface area (Å²) >= 11 is 0. The fourth-order valence-electron chi connectivity index (χ4n) is 2.63. The standard InChI is InChI=1S/C14H16N2O5/c1-8-5-16(6-10(8)13(17)18)14(19)15-9-2-3-11-12(4-9)21-7-20-11/h2-4,8,10H,5-7H2,1H3,(H,15,19)(H,17,18)/t8-,10-/m1/s1. The fourth-order valence-corrected chi connectivity index (χ4v) is 2.63. The van der Waals surface area contributed by atoms with Crippen LogP contribution in [-0.4, -0.2) is 41.9 Å². The average molecular weight is 292 g/mol. The van der Waals surface area contributed by atoms with Crippen LogP contribution in [0.5, 0.6) is 11.5 Å². The molecule has 2 atom stereocenters. The van der Waals surface area contributed by atoms with Crippen LogP contribution in [0.4, 0.5) is 10.5 Å². The van der Waals surface area contributed by atoms with Crippen LogP contribution in [0.15, 0.2) is 18.2 Å². The Morgan fingerprint density at radius 3 is 2.76 bits per heavy atom. The number of nitrogens with one attached hydrogen (secondary N) is 1. The zero-order chi connectivity index (χ0) is 15.0. The number of carbonyl (C=O) groups is 2. The van der Waals surface area contributed by atoms with Crippen molar-refractivity contribution in [2.75, 3.05) is 25.2 Å². The van der Waals surface area contributed by atoms with E-state index in [0.717, 1.165) is 0 Å². The van der Waals surface area contributed by atoms with Gasteiger partial charge in [-0.15, -0.1) is 0 Å². The van der Waals surface area contributed by atoms with E-state index < -0.39 is 11.9 Å². The highest BCUT2D eigenvalue weighted by molar-refractivity contribution is 5.90. The van der Waals surface area contributed by atoms with Crippen molar-refractivity contribution >= 4 is 17.7 Å². The highest BCUT2D eigenvalue weighted by atomic mass is 16.7. The molecule has 21 heavy (non-hydrogen) atoms. The number of nitrogens with zero attached hydrogens (tertiary/aromatic N) is 1. The molecule has 0 radical (unpaired) electrons. The number of carboxylic acid groups (broad SMARTS) is 1. The van der Waals surface area contributed by atoms with Crippen LogP contribution in [-0.2, 0) is 4.79 Å². The van der Waals surface area contributed by atoms with Gasteiger partial charge in [0.05, 0.1) is 5.92 Å². The fraction of sp³-hybridized carbons (Fsp3) is 0.429. The van der Waals surface area contributed by atoms with Crippen LogP contribution < -0.4 is 14.8 Å². The highest BCUT2D eigenvalue weighted by Gasteiger charge is 2.37. The molecule has 0 spiro atoms. The second kappa shape index (κ2) is 5.16. The first-order valence-electron chi connectivity index (χ1n) is 6.73. The molecule has 1 saturated heterocycles. The first-order valence-corrected chi connectivity index (χ1v) is 6.73. The first-order chi connectivity index (χ1) is 10.0. The van der Waals surface area contributed by atoms with Crippen LogP contribution in [0.25, 0.3) is 0 Å². The summed E-state index contributed by atoms with van der Waals surface area (Å²) < 4.78 is 10.4. The van der Waals surface area contributed by atoms with Crippen molar-refractivity contribution in [2.45, 2.75) is 6.92 Å². The molecule has 3 rings (SSSR count). The highest BCUT2D eigenvalue weighted by Crippen LogP contribution is 2.34. The van der Waals surface area contributed by atoms with Gasteiger partial charge < -0.3 is 24.8 Å². The second-order valence-electron chi connectivity index (χ2n) is 5.33. The maximum atomic E-state index is 12.2. The molecule has 2 heterocycles.